The lowest BCUT2D eigenvalue weighted by atomic mass is 10.2. The van der Waals surface area contributed by atoms with E-state index in [1.807, 2.05) is 30.3 Å². The second-order valence-electron chi connectivity index (χ2n) is 3.93. The average Bonchev–Trinajstić information content (AvgIpc) is 2.77. The molecule has 18 heavy (non-hydrogen) atoms. The van der Waals surface area contributed by atoms with Gasteiger partial charge in [0.15, 0.2) is 0 Å². The molecule has 0 bridgehead atoms. The second kappa shape index (κ2) is 5.42. The van der Waals surface area contributed by atoms with Gasteiger partial charge >= 0.3 is 5.97 Å². The Balaban J connectivity index is 2.05. The second-order valence-corrected chi connectivity index (χ2v) is 3.93. The summed E-state index contributed by atoms with van der Waals surface area (Å²) in [6.07, 6.45) is 0. The van der Waals surface area contributed by atoms with E-state index in [-0.39, 0.29) is 6.54 Å². The van der Waals surface area contributed by atoms with Crippen LogP contribution in [-0.4, -0.2) is 39.8 Å². The summed E-state index contributed by atoms with van der Waals surface area (Å²) in [4.78, 5) is 12.1. The number of rotatable bonds is 5. The molecule has 1 N–H and O–H groups in total. The highest BCUT2D eigenvalue weighted by Gasteiger charge is 2.11. The third-order valence-electron chi connectivity index (χ3n) is 2.30. The molecule has 0 aliphatic carbocycles. The highest BCUT2D eigenvalue weighted by Crippen LogP contribution is 2.17. The quantitative estimate of drug-likeness (QED) is 0.856. The van der Waals surface area contributed by atoms with Crippen LogP contribution in [0.25, 0.3) is 11.5 Å². The largest absolute Gasteiger partial charge is 0.480 e. The normalized spacial score (nSPS) is 10.8. The Hall–Kier alpha value is -2.21. The van der Waals surface area contributed by atoms with E-state index in [2.05, 4.69) is 10.2 Å². The lowest BCUT2D eigenvalue weighted by Crippen LogP contribution is -2.25. The van der Waals surface area contributed by atoms with Crippen molar-refractivity contribution in [1.29, 1.82) is 0 Å². The fourth-order valence-electron chi connectivity index (χ4n) is 1.53. The lowest BCUT2D eigenvalue weighted by Gasteiger charge is -2.09. The first-order valence-electron chi connectivity index (χ1n) is 5.43. The molecule has 1 aromatic carbocycles. The molecule has 6 nitrogen and oxygen atoms in total. The molecule has 1 aromatic heterocycles. The Bertz CT molecular complexity index is 524. The van der Waals surface area contributed by atoms with E-state index >= 15 is 0 Å². The van der Waals surface area contributed by atoms with Crippen LogP contribution in [0.15, 0.2) is 34.7 Å². The minimum absolute atomic E-state index is 0.0664. The van der Waals surface area contributed by atoms with Crippen molar-refractivity contribution in [2.75, 3.05) is 13.6 Å². The average molecular weight is 247 g/mol. The SMILES string of the molecule is CN(CC(=O)O)Cc1nnc(-c2ccccc2)o1. The molecule has 0 atom stereocenters. The third-order valence-corrected chi connectivity index (χ3v) is 2.30. The minimum Gasteiger partial charge on any atom is -0.480 e. The van der Waals surface area contributed by atoms with Crippen molar-refractivity contribution in [2.24, 2.45) is 0 Å². The van der Waals surface area contributed by atoms with Crippen molar-refractivity contribution in [3.63, 3.8) is 0 Å². The smallest absolute Gasteiger partial charge is 0.317 e. The van der Waals surface area contributed by atoms with E-state index in [0.29, 0.717) is 18.3 Å². The predicted molar refractivity (Wildman–Crippen MR) is 63.7 cm³/mol. The van der Waals surface area contributed by atoms with E-state index in [0.717, 1.165) is 5.56 Å². The molecule has 0 aliphatic rings. The van der Waals surface area contributed by atoms with Crippen molar-refractivity contribution >= 4 is 5.97 Å². The van der Waals surface area contributed by atoms with Crippen molar-refractivity contribution in [1.82, 2.24) is 15.1 Å². The molecule has 0 saturated heterocycles. The van der Waals surface area contributed by atoms with Crippen LogP contribution in [-0.2, 0) is 11.3 Å². The Morgan fingerprint density at radius 1 is 1.33 bits per heavy atom. The van der Waals surface area contributed by atoms with Crippen LogP contribution in [0.4, 0.5) is 0 Å². The summed E-state index contributed by atoms with van der Waals surface area (Å²) < 4.78 is 5.47. The molecule has 2 aromatic rings. The van der Waals surface area contributed by atoms with Gasteiger partial charge in [-0.25, -0.2) is 0 Å². The van der Waals surface area contributed by atoms with Gasteiger partial charge in [0.05, 0.1) is 13.1 Å². The summed E-state index contributed by atoms with van der Waals surface area (Å²) in [6.45, 7) is 0.245. The fraction of sp³-hybridized carbons (Fsp3) is 0.250. The number of hydrogen-bond acceptors (Lipinski definition) is 5. The molecule has 6 heteroatoms. The van der Waals surface area contributed by atoms with Crippen LogP contribution < -0.4 is 0 Å². The zero-order chi connectivity index (χ0) is 13.0. The van der Waals surface area contributed by atoms with E-state index in [4.69, 9.17) is 9.52 Å². The molecule has 1 heterocycles. The monoisotopic (exact) mass is 247 g/mol. The van der Waals surface area contributed by atoms with Crippen molar-refractivity contribution in [3.8, 4) is 11.5 Å². The summed E-state index contributed by atoms with van der Waals surface area (Å²) in [5.74, 6) is -0.0489. The van der Waals surface area contributed by atoms with Gasteiger partial charge in [-0.05, 0) is 19.2 Å². The van der Waals surface area contributed by atoms with E-state index in [1.165, 1.54) is 0 Å². The maximum Gasteiger partial charge on any atom is 0.317 e. The topological polar surface area (TPSA) is 79.5 Å². The van der Waals surface area contributed by atoms with Gasteiger partial charge in [0.2, 0.25) is 11.8 Å². The van der Waals surface area contributed by atoms with Gasteiger partial charge in [0.25, 0.3) is 0 Å². The van der Waals surface area contributed by atoms with Crippen LogP contribution in [0.3, 0.4) is 0 Å². The Morgan fingerprint density at radius 3 is 2.72 bits per heavy atom. The summed E-state index contributed by atoms with van der Waals surface area (Å²) in [6, 6.07) is 9.42. The Morgan fingerprint density at radius 2 is 2.06 bits per heavy atom. The van der Waals surface area contributed by atoms with Crippen LogP contribution in [0.5, 0.6) is 0 Å². The van der Waals surface area contributed by atoms with Gasteiger partial charge in [0.1, 0.15) is 0 Å². The van der Waals surface area contributed by atoms with Crippen LogP contribution >= 0.6 is 0 Å². The molecule has 0 aliphatic heterocycles. The first-order chi connectivity index (χ1) is 8.65. The van der Waals surface area contributed by atoms with E-state index in [9.17, 15) is 4.79 Å². The van der Waals surface area contributed by atoms with Gasteiger partial charge in [-0.3, -0.25) is 9.69 Å². The number of nitrogens with zero attached hydrogens (tertiary/aromatic N) is 3. The van der Waals surface area contributed by atoms with Gasteiger partial charge < -0.3 is 9.52 Å². The number of carbonyl (C=O) groups is 1. The number of aliphatic carboxylic acids is 1. The molecule has 0 spiro atoms. The first kappa shape index (κ1) is 12.3. The number of benzene rings is 1. The standard InChI is InChI=1S/C12H13N3O3/c1-15(8-11(16)17)7-10-13-14-12(18-10)9-5-3-2-4-6-9/h2-6H,7-8H2,1H3,(H,16,17). The molecule has 0 saturated carbocycles. The molecule has 94 valence electrons. The highest BCUT2D eigenvalue weighted by molar-refractivity contribution is 5.68. The molecule has 2 rings (SSSR count). The van der Waals surface area contributed by atoms with Crippen LogP contribution in [0.2, 0.25) is 0 Å². The first-order valence-corrected chi connectivity index (χ1v) is 5.43. The summed E-state index contributed by atoms with van der Waals surface area (Å²) in [7, 11) is 1.68. The molecule has 0 unspecified atom stereocenters. The molecular formula is C12H13N3O3. The number of carboxylic acid groups (broad SMARTS) is 1. The van der Waals surface area contributed by atoms with Crippen LogP contribution in [0.1, 0.15) is 5.89 Å². The van der Waals surface area contributed by atoms with Gasteiger partial charge in [-0.1, -0.05) is 18.2 Å². The van der Waals surface area contributed by atoms with Crippen LogP contribution in [0, 0.1) is 0 Å². The molecule has 0 fully saturated rings. The van der Waals surface area contributed by atoms with E-state index < -0.39 is 5.97 Å². The summed E-state index contributed by atoms with van der Waals surface area (Å²) >= 11 is 0. The number of likely N-dealkylation sites (N-methyl/N-ethyl adjacent to an activating group) is 1. The highest BCUT2D eigenvalue weighted by atomic mass is 16.4. The van der Waals surface area contributed by atoms with Crippen molar-refractivity contribution in [3.05, 3.63) is 36.2 Å². The predicted octanol–water partition coefficient (Wildman–Crippen LogP) is 1.25. The number of hydrogen-bond donors (Lipinski definition) is 1. The molecular weight excluding hydrogens is 234 g/mol. The van der Waals surface area contributed by atoms with Crippen molar-refractivity contribution in [2.45, 2.75) is 6.54 Å². The lowest BCUT2D eigenvalue weighted by molar-refractivity contribution is -0.138. The summed E-state index contributed by atoms with van der Waals surface area (Å²) in [5.41, 5.74) is 0.845. The van der Waals surface area contributed by atoms with E-state index in [1.54, 1.807) is 11.9 Å². The number of carboxylic acids is 1. The third kappa shape index (κ3) is 3.14. The molecule has 0 radical (unpaired) electrons. The zero-order valence-corrected chi connectivity index (χ0v) is 9.91. The van der Waals surface area contributed by atoms with Gasteiger partial charge in [-0.2, -0.15) is 0 Å². The zero-order valence-electron chi connectivity index (χ0n) is 9.91. The minimum atomic E-state index is -0.889. The maximum atomic E-state index is 10.5. The number of aromatic nitrogens is 2. The Labute approximate surface area is 104 Å². The fourth-order valence-corrected chi connectivity index (χ4v) is 1.53. The maximum absolute atomic E-state index is 10.5. The van der Waals surface area contributed by atoms with Crippen molar-refractivity contribution < 1.29 is 14.3 Å². The summed E-state index contributed by atoms with van der Waals surface area (Å²) in [5, 5.41) is 16.5. The molecule has 0 amide bonds. The van der Waals surface area contributed by atoms with Gasteiger partial charge in [0, 0.05) is 5.56 Å². The Kier molecular flexibility index (Phi) is 3.69. The van der Waals surface area contributed by atoms with Gasteiger partial charge in [-0.15, -0.1) is 10.2 Å².